The Labute approximate surface area is 180 Å². The quantitative estimate of drug-likeness (QED) is 0.318. The van der Waals surface area contributed by atoms with Gasteiger partial charge in [0.1, 0.15) is 23.0 Å². The normalized spacial score (nSPS) is 11.6. The van der Waals surface area contributed by atoms with Crippen LogP contribution in [0.1, 0.15) is 22.3 Å². The highest BCUT2D eigenvalue weighted by atomic mass is 16.3. The van der Waals surface area contributed by atoms with Crippen molar-refractivity contribution < 1.29 is 20.4 Å². The Morgan fingerprint density at radius 2 is 0.839 bits per heavy atom. The van der Waals surface area contributed by atoms with E-state index in [2.05, 4.69) is 0 Å². The summed E-state index contributed by atoms with van der Waals surface area (Å²) >= 11 is 0. The first-order valence-electron chi connectivity index (χ1n) is 9.78. The van der Waals surface area contributed by atoms with Crippen molar-refractivity contribution in [2.75, 3.05) is 0 Å². The summed E-state index contributed by atoms with van der Waals surface area (Å²) in [5.41, 5.74) is 2.52. The molecule has 0 aliphatic rings. The molecule has 1 radical (unpaired) electrons. The molecular formula is C27H21O4. The summed E-state index contributed by atoms with van der Waals surface area (Å²) in [6.45, 7) is 0. The van der Waals surface area contributed by atoms with Crippen LogP contribution < -0.4 is 0 Å². The van der Waals surface area contributed by atoms with Crippen LogP contribution in [0.5, 0.6) is 23.0 Å². The molecule has 153 valence electrons. The van der Waals surface area contributed by atoms with E-state index in [1.807, 2.05) is 0 Å². The lowest BCUT2D eigenvalue weighted by Crippen LogP contribution is -2.07. The summed E-state index contributed by atoms with van der Waals surface area (Å²) < 4.78 is 0. The van der Waals surface area contributed by atoms with Crippen LogP contribution in [0.25, 0.3) is 11.6 Å². The van der Waals surface area contributed by atoms with E-state index in [9.17, 15) is 20.4 Å². The number of hydrogen-bond donors (Lipinski definition) is 4. The van der Waals surface area contributed by atoms with Gasteiger partial charge in [0.25, 0.3) is 0 Å². The zero-order chi connectivity index (χ0) is 21.8. The number of hydrogen-bond acceptors (Lipinski definition) is 4. The van der Waals surface area contributed by atoms with Gasteiger partial charge in [0, 0.05) is 22.3 Å². The molecular weight excluding hydrogens is 388 g/mol. The summed E-state index contributed by atoms with van der Waals surface area (Å²) in [7, 11) is 0. The summed E-state index contributed by atoms with van der Waals surface area (Å²) in [4.78, 5) is 0. The third-order valence-electron chi connectivity index (χ3n) is 5.05. The van der Waals surface area contributed by atoms with Gasteiger partial charge >= 0.3 is 0 Å². The number of benzene rings is 4. The van der Waals surface area contributed by atoms with Crippen molar-refractivity contribution in [2.24, 2.45) is 0 Å². The van der Waals surface area contributed by atoms with E-state index in [0.29, 0.717) is 33.7 Å². The van der Waals surface area contributed by atoms with Crippen molar-refractivity contribution in [2.45, 2.75) is 0 Å². The number of aromatic hydroxyl groups is 4. The molecule has 0 unspecified atom stereocenters. The number of rotatable bonds is 5. The van der Waals surface area contributed by atoms with Crippen molar-refractivity contribution in [1.82, 2.24) is 0 Å². The van der Waals surface area contributed by atoms with Crippen molar-refractivity contribution in [3.8, 4) is 23.0 Å². The van der Waals surface area contributed by atoms with Gasteiger partial charge < -0.3 is 20.4 Å². The van der Waals surface area contributed by atoms with Gasteiger partial charge in [-0.15, -0.1) is 0 Å². The molecule has 0 atom stereocenters. The molecule has 0 heterocycles. The van der Waals surface area contributed by atoms with E-state index in [1.165, 1.54) is 0 Å². The lowest BCUT2D eigenvalue weighted by molar-refractivity contribution is 0.465. The van der Waals surface area contributed by atoms with Gasteiger partial charge in [-0.2, -0.15) is 0 Å². The van der Waals surface area contributed by atoms with E-state index in [1.54, 1.807) is 103 Å². The maximum Gasteiger partial charge on any atom is 0.123 e. The Hall–Kier alpha value is -4.18. The molecule has 0 aliphatic heterocycles. The first-order chi connectivity index (χ1) is 15.1. The fraction of sp³-hybridized carbons (Fsp3) is 0. The standard InChI is InChI=1S/C27H21O4/c28-23-13-5-1-9-18(23)17-22(19-10-2-6-14-24(19)29)27(20-11-3-7-15-25(20)30)21-12-4-8-16-26(21)31/h1-17,28-31H/b22-17-. The van der Waals surface area contributed by atoms with E-state index in [-0.39, 0.29) is 23.0 Å². The minimum absolute atomic E-state index is 0.0272. The third-order valence-corrected chi connectivity index (χ3v) is 5.05. The van der Waals surface area contributed by atoms with Crippen LogP contribution in [0, 0.1) is 5.92 Å². The average molecular weight is 409 g/mol. The van der Waals surface area contributed by atoms with E-state index < -0.39 is 0 Å². The van der Waals surface area contributed by atoms with Crippen LogP contribution in [0.3, 0.4) is 0 Å². The molecule has 4 rings (SSSR count). The maximum atomic E-state index is 10.7. The Kier molecular flexibility index (Phi) is 5.63. The molecule has 0 aromatic heterocycles. The van der Waals surface area contributed by atoms with Gasteiger partial charge in [0.2, 0.25) is 0 Å². The predicted molar refractivity (Wildman–Crippen MR) is 122 cm³/mol. The molecule has 0 spiro atoms. The number of phenols is 4. The first kappa shape index (κ1) is 20.1. The minimum atomic E-state index is 0.0272. The number of para-hydroxylation sites is 4. The van der Waals surface area contributed by atoms with E-state index in [0.717, 1.165) is 0 Å². The van der Waals surface area contributed by atoms with E-state index >= 15 is 0 Å². The summed E-state index contributed by atoms with van der Waals surface area (Å²) in [5.74, 6) is 0.677. The smallest absolute Gasteiger partial charge is 0.123 e. The molecule has 4 aromatic carbocycles. The highest BCUT2D eigenvalue weighted by Gasteiger charge is 2.28. The van der Waals surface area contributed by atoms with Crippen LogP contribution >= 0.6 is 0 Å². The van der Waals surface area contributed by atoms with Crippen molar-refractivity contribution >= 4 is 11.6 Å². The second-order valence-electron chi connectivity index (χ2n) is 7.04. The molecule has 4 heteroatoms. The zero-order valence-electron chi connectivity index (χ0n) is 16.6. The van der Waals surface area contributed by atoms with Crippen LogP contribution in [0.15, 0.2) is 97.1 Å². The number of phenolic OH excluding ortho intramolecular Hbond substituents is 4. The van der Waals surface area contributed by atoms with Gasteiger partial charge in [0.15, 0.2) is 0 Å². The Bertz CT molecular complexity index is 1200. The summed E-state index contributed by atoms with van der Waals surface area (Å²) in [5, 5.41) is 42.4. The fourth-order valence-corrected chi connectivity index (χ4v) is 3.56. The molecule has 0 saturated carbocycles. The Morgan fingerprint density at radius 1 is 0.452 bits per heavy atom. The molecule has 0 amide bonds. The minimum Gasteiger partial charge on any atom is -0.508 e. The molecule has 4 N–H and O–H groups in total. The predicted octanol–water partition coefficient (Wildman–Crippen LogP) is 5.72. The Morgan fingerprint density at radius 3 is 1.29 bits per heavy atom. The molecule has 4 aromatic rings. The van der Waals surface area contributed by atoms with Crippen LogP contribution in [0.4, 0.5) is 0 Å². The molecule has 4 nitrogen and oxygen atoms in total. The van der Waals surface area contributed by atoms with Crippen LogP contribution in [0.2, 0.25) is 0 Å². The van der Waals surface area contributed by atoms with Crippen molar-refractivity contribution in [1.29, 1.82) is 0 Å². The Balaban J connectivity index is 2.06. The lowest BCUT2D eigenvalue weighted by Gasteiger charge is -2.24. The molecule has 31 heavy (non-hydrogen) atoms. The second-order valence-corrected chi connectivity index (χ2v) is 7.04. The zero-order valence-corrected chi connectivity index (χ0v) is 16.6. The monoisotopic (exact) mass is 409 g/mol. The van der Waals surface area contributed by atoms with Crippen LogP contribution in [-0.2, 0) is 0 Å². The van der Waals surface area contributed by atoms with Gasteiger partial charge in [-0.3, -0.25) is 0 Å². The average Bonchev–Trinajstić information content (AvgIpc) is 2.77. The number of allylic oxidation sites excluding steroid dienone is 1. The van der Waals surface area contributed by atoms with Gasteiger partial charge in [-0.1, -0.05) is 72.8 Å². The topological polar surface area (TPSA) is 80.9 Å². The lowest BCUT2D eigenvalue weighted by atomic mass is 9.79. The van der Waals surface area contributed by atoms with Gasteiger partial charge in [-0.25, -0.2) is 0 Å². The molecule has 0 aliphatic carbocycles. The largest absolute Gasteiger partial charge is 0.508 e. The highest BCUT2D eigenvalue weighted by molar-refractivity contribution is 5.98. The first-order valence-corrected chi connectivity index (χ1v) is 9.78. The van der Waals surface area contributed by atoms with Crippen molar-refractivity contribution in [3.05, 3.63) is 125 Å². The molecule has 0 fully saturated rings. The summed E-state index contributed by atoms with van der Waals surface area (Å²) in [6.07, 6.45) is 1.73. The SMILES string of the molecule is Oc1ccccc1/C=C(\[C](c1ccccc1O)c1ccccc1O)c1ccccc1O. The molecule has 0 saturated heterocycles. The highest BCUT2D eigenvalue weighted by Crippen LogP contribution is 2.46. The van der Waals surface area contributed by atoms with Gasteiger partial charge in [-0.05, 0) is 35.9 Å². The third kappa shape index (κ3) is 4.09. The van der Waals surface area contributed by atoms with Crippen LogP contribution in [-0.4, -0.2) is 20.4 Å². The van der Waals surface area contributed by atoms with E-state index in [4.69, 9.17) is 0 Å². The second kappa shape index (κ2) is 8.67. The van der Waals surface area contributed by atoms with Crippen molar-refractivity contribution in [3.63, 3.8) is 0 Å². The summed E-state index contributed by atoms with van der Waals surface area (Å²) in [6, 6.07) is 27.3. The molecule has 0 bridgehead atoms. The van der Waals surface area contributed by atoms with Gasteiger partial charge in [0.05, 0.1) is 5.92 Å². The fourth-order valence-electron chi connectivity index (χ4n) is 3.56. The maximum absolute atomic E-state index is 10.7.